The Bertz CT molecular complexity index is 945. The van der Waals surface area contributed by atoms with Gasteiger partial charge in [-0.3, -0.25) is 0 Å². The molecule has 2 aromatic rings. The highest BCUT2D eigenvalue weighted by Crippen LogP contribution is 2.49. The largest absolute Gasteiger partial charge is 0.493 e. The lowest BCUT2D eigenvalue weighted by molar-refractivity contribution is 0.324. The average molecular weight is 367 g/mol. The second-order valence-corrected chi connectivity index (χ2v) is 6.69. The molecule has 2 N–H and O–H groups in total. The van der Waals surface area contributed by atoms with Crippen LogP contribution in [0.2, 0.25) is 0 Å². The number of anilines is 1. The van der Waals surface area contributed by atoms with Crippen LogP contribution in [0.5, 0.6) is 17.2 Å². The summed E-state index contributed by atoms with van der Waals surface area (Å²) in [5.74, 6) is 2.30. The number of rotatable bonds is 4. The summed E-state index contributed by atoms with van der Waals surface area (Å²) < 4.78 is 16.2. The Labute approximate surface area is 156 Å². The smallest absolute Gasteiger partial charge is 0.203 e. The van der Waals surface area contributed by atoms with Gasteiger partial charge in [-0.1, -0.05) is 0 Å². The van der Waals surface area contributed by atoms with Gasteiger partial charge in [0.1, 0.15) is 12.1 Å². The molecule has 2 aromatic carbocycles. The molecule has 0 aliphatic carbocycles. The molecule has 6 nitrogen and oxygen atoms in total. The van der Waals surface area contributed by atoms with E-state index in [1.165, 1.54) is 7.11 Å². The van der Waals surface area contributed by atoms with Crippen molar-refractivity contribution in [2.24, 2.45) is 0 Å². The van der Waals surface area contributed by atoms with E-state index >= 15 is 0 Å². The van der Waals surface area contributed by atoms with Gasteiger partial charge in [-0.2, -0.15) is 10.5 Å². The lowest BCUT2D eigenvalue weighted by Crippen LogP contribution is -2.04. The zero-order valence-electron chi connectivity index (χ0n) is 14.7. The first-order valence-corrected chi connectivity index (χ1v) is 8.81. The predicted molar refractivity (Wildman–Crippen MR) is 99.8 cm³/mol. The summed E-state index contributed by atoms with van der Waals surface area (Å²) in [6, 6.07) is 7.91. The molecule has 132 valence electrons. The lowest BCUT2D eigenvalue weighted by Gasteiger charge is -2.18. The van der Waals surface area contributed by atoms with Crippen molar-refractivity contribution in [2.45, 2.75) is 11.3 Å². The molecule has 0 saturated carbocycles. The van der Waals surface area contributed by atoms with E-state index in [0.29, 0.717) is 33.9 Å². The molecule has 1 heterocycles. The van der Waals surface area contributed by atoms with Gasteiger partial charge in [0.2, 0.25) is 5.75 Å². The molecule has 0 radical (unpaired) electrons. The number of nitrogens with two attached hydrogens (primary N) is 1. The van der Waals surface area contributed by atoms with Crippen LogP contribution in [0.1, 0.15) is 16.7 Å². The maximum absolute atomic E-state index is 9.73. The molecule has 1 aliphatic heterocycles. The van der Waals surface area contributed by atoms with Gasteiger partial charge in [0.05, 0.1) is 38.1 Å². The minimum atomic E-state index is 0.222. The number of ether oxygens (including phenoxy) is 3. The number of thioether (sulfide) groups is 1. The molecule has 0 fully saturated rings. The summed E-state index contributed by atoms with van der Waals surface area (Å²) in [5, 5.41) is 19.2. The minimum Gasteiger partial charge on any atom is -0.493 e. The fourth-order valence-corrected chi connectivity index (χ4v) is 4.45. The minimum absolute atomic E-state index is 0.222. The van der Waals surface area contributed by atoms with Crippen molar-refractivity contribution in [1.29, 1.82) is 10.5 Å². The zero-order chi connectivity index (χ0) is 18.8. The third-order valence-corrected chi connectivity index (χ3v) is 5.51. The molecular weight excluding hydrogens is 350 g/mol. The summed E-state index contributed by atoms with van der Waals surface area (Å²) in [5.41, 5.74) is 9.43. The van der Waals surface area contributed by atoms with Crippen LogP contribution in [-0.2, 0) is 6.42 Å². The Kier molecular flexibility index (Phi) is 4.83. The van der Waals surface area contributed by atoms with Gasteiger partial charge in [-0.25, -0.2) is 0 Å². The molecule has 0 amide bonds. The number of nitrogens with zero attached hydrogens (tertiary/aromatic N) is 2. The van der Waals surface area contributed by atoms with Crippen molar-refractivity contribution in [3.05, 3.63) is 28.8 Å². The van der Waals surface area contributed by atoms with Gasteiger partial charge in [0.15, 0.2) is 11.5 Å². The van der Waals surface area contributed by atoms with E-state index in [1.807, 2.05) is 0 Å². The van der Waals surface area contributed by atoms with Crippen LogP contribution < -0.4 is 19.9 Å². The summed E-state index contributed by atoms with van der Waals surface area (Å²) in [7, 11) is 4.62. The summed E-state index contributed by atoms with van der Waals surface area (Å²) >= 11 is 1.62. The Morgan fingerprint density at radius 3 is 2.12 bits per heavy atom. The SMILES string of the molecule is COc1cc(-c2c(C#N)c(N)c(C#N)c3c2SCC3)cc(OC)c1OC. The third-order valence-electron chi connectivity index (χ3n) is 4.37. The lowest BCUT2D eigenvalue weighted by atomic mass is 9.91. The molecule has 7 heteroatoms. The van der Waals surface area contributed by atoms with Crippen LogP contribution in [0.25, 0.3) is 11.1 Å². The maximum atomic E-state index is 9.73. The number of benzene rings is 2. The highest BCUT2D eigenvalue weighted by atomic mass is 32.2. The van der Waals surface area contributed by atoms with Crippen molar-refractivity contribution in [2.75, 3.05) is 32.8 Å². The van der Waals surface area contributed by atoms with Crippen LogP contribution in [-0.4, -0.2) is 27.1 Å². The summed E-state index contributed by atoms with van der Waals surface area (Å²) in [6.07, 6.45) is 0.746. The Hall–Kier alpha value is -3.03. The second kappa shape index (κ2) is 7.07. The number of hydrogen-bond acceptors (Lipinski definition) is 7. The fraction of sp³-hybridized carbons (Fsp3) is 0.263. The quantitative estimate of drug-likeness (QED) is 0.827. The molecule has 0 saturated heterocycles. The standard InChI is InChI=1S/C19H17N3O3S/c1-23-14-6-10(7-15(24-2)18(14)25-3)16-13(9-21)17(22)12(8-20)11-4-5-26-19(11)16/h6-7H,4-5,22H2,1-3H3. The Balaban J connectivity index is 2.39. The van der Waals surface area contributed by atoms with Crippen LogP contribution in [0.15, 0.2) is 17.0 Å². The van der Waals surface area contributed by atoms with E-state index in [0.717, 1.165) is 28.2 Å². The second-order valence-electron chi connectivity index (χ2n) is 5.58. The molecule has 0 spiro atoms. The van der Waals surface area contributed by atoms with Crippen molar-refractivity contribution >= 4 is 17.4 Å². The van der Waals surface area contributed by atoms with Crippen LogP contribution in [0, 0.1) is 22.7 Å². The molecule has 0 unspecified atom stereocenters. The van der Waals surface area contributed by atoms with E-state index in [9.17, 15) is 10.5 Å². The molecule has 26 heavy (non-hydrogen) atoms. The molecule has 0 aromatic heterocycles. The normalized spacial score (nSPS) is 12.0. The molecule has 3 rings (SSSR count). The van der Waals surface area contributed by atoms with Crippen LogP contribution in [0.3, 0.4) is 0 Å². The topological polar surface area (TPSA) is 101 Å². The van der Waals surface area contributed by atoms with Crippen molar-refractivity contribution < 1.29 is 14.2 Å². The molecule has 1 aliphatic rings. The van der Waals surface area contributed by atoms with Gasteiger partial charge in [0.25, 0.3) is 0 Å². The van der Waals surface area contributed by atoms with E-state index in [1.54, 1.807) is 38.1 Å². The van der Waals surface area contributed by atoms with E-state index in [2.05, 4.69) is 12.1 Å². The summed E-state index contributed by atoms with van der Waals surface area (Å²) in [4.78, 5) is 0.918. The number of hydrogen-bond donors (Lipinski definition) is 1. The molecular formula is C19H17N3O3S. The zero-order valence-corrected chi connectivity index (χ0v) is 15.5. The van der Waals surface area contributed by atoms with Gasteiger partial charge in [0, 0.05) is 16.2 Å². The number of nitriles is 2. The van der Waals surface area contributed by atoms with Gasteiger partial charge in [-0.05, 0) is 29.7 Å². The van der Waals surface area contributed by atoms with E-state index in [4.69, 9.17) is 19.9 Å². The van der Waals surface area contributed by atoms with Gasteiger partial charge >= 0.3 is 0 Å². The first-order valence-electron chi connectivity index (χ1n) is 7.82. The van der Waals surface area contributed by atoms with Gasteiger partial charge < -0.3 is 19.9 Å². The Morgan fingerprint density at radius 2 is 1.62 bits per heavy atom. The number of nitrogen functional groups attached to an aromatic ring is 1. The van der Waals surface area contributed by atoms with E-state index < -0.39 is 0 Å². The third kappa shape index (κ3) is 2.58. The highest BCUT2D eigenvalue weighted by molar-refractivity contribution is 7.99. The van der Waals surface area contributed by atoms with Crippen LogP contribution >= 0.6 is 11.8 Å². The van der Waals surface area contributed by atoms with E-state index in [-0.39, 0.29) is 5.69 Å². The number of fused-ring (bicyclic) bond motifs is 1. The predicted octanol–water partition coefficient (Wildman–Crippen LogP) is 3.35. The van der Waals surface area contributed by atoms with Crippen molar-refractivity contribution in [3.63, 3.8) is 0 Å². The maximum Gasteiger partial charge on any atom is 0.203 e. The van der Waals surface area contributed by atoms with Crippen molar-refractivity contribution in [1.82, 2.24) is 0 Å². The average Bonchev–Trinajstić information content (AvgIpc) is 3.14. The number of methoxy groups -OCH3 is 3. The molecule has 0 bridgehead atoms. The first-order chi connectivity index (χ1) is 12.6. The summed E-state index contributed by atoms with van der Waals surface area (Å²) in [6.45, 7) is 0. The highest BCUT2D eigenvalue weighted by Gasteiger charge is 2.28. The van der Waals surface area contributed by atoms with Crippen LogP contribution in [0.4, 0.5) is 5.69 Å². The molecule has 0 atom stereocenters. The first kappa shape index (κ1) is 17.8. The Morgan fingerprint density at radius 1 is 1.00 bits per heavy atom. The monoisotopic (exact) mass is 367 g/mol. The van der Waals surface area contributed by atoms with Gasteiger partial charge in [-0.15, -0.1) is 11.8 Å². The fourth-order valence-electron chi connectivity index (χ4n) is 3.20. The van der Waals surface area contributed by atoms with Crippen molar-refractivity contribution in [3.8, 4) is 40.5 Å².